The number of hydrogen-bond acceptors (Lipinski definition) is 4. The van der Waals surface area contributed by atoms with Crippen LogP contribution in [-0.2, 0) is 10.0 Å². The zero-order valence-corrected chi connectivity index (χ0v) is 13.3. The molecule has 24 heavy (non-hydrogen) atoms. The van der Waals surface area contributed by atoms with Gasteiger partial charge >= 0.3 is 0 Å². The lowest BCUT2D eigenvalue weighted by Crippen LogP contribution is -2.13. The summed E-state index contributed by atoms with van der Waals surface area (Å²) in [4.78, 5) is 4.25. The van der Waals surface area contributed by atoms with Crippen molar-refractivity contribution in [2.45, 2.75) is 4.90 Å². The van der Waals surface area contributed by atoms with E-state index in [9.17, 15) is 12.8 Å². The summed E-state index contributed by atoms with van der Waals surface area (Å²) in [5.41, 5.74) is 0.612. The summed E-state index contributed by atoms with van der Waals surface area (Å²) in [5.74, 6) is 0.0101. The maximum atomic E-state index is 13.6. The zero-order valence-electron chi connectivity index (χ0n) is 12.5. The minimum Gasteiger partial charge on any atom is -0.338 e. The molecule has 0 aliphatic rings. The van der Waals surface area contributed by atoms with E-state index in [1.807, 2.05) is 0 Å². The Balaban J connectivity index is 1.74. The van der Waals surface area contributed by atoms with E-state index in [1.165, 1.54) is 24.4 Å². The lowest BCUT2D eigenvalue weighted by atomic mass is 10.3. The van der Waals surface area contributed by atoms with Gasteiger partial charge in [-0.1, -0.05) is 30.3 Å². The van der Waals surface area contributed by atoms with Gasteiger partial charge in [0.15, 0.2) is 0 Å². The normalized spacial score (nSPS) is 11.0. The molecular formula is C17H14FN3O2S. The number of anilines is 3. The maximum Gasteiger partial charge on any atom is 0.261 e. The Bertz CT molecular complexity index is 930. The van der Waals surface area contributed by atoms with Crippen molar-refractivity contribution in [3.8, 4) is 0 Å². The van der Waals surface area contributed by atoms with Crippen molar-refractivity contribution in [2.75, 3.05) is 10.0 Å². The molecule has 2 N–H and O–H groups in total. The molecule has 0 fully saturated rings. The standard InChI is InChI=1S/C17H14FN3O2S/c18-15-8-4-5-9-16(15)20-17-11-10-13(12-19-17)21-24(22,23)14-6-2-1-3-7-14/h1-12,21H,(H,19,20). The first-order valence-electron chi connectivity index (χ1n) is 7.10. The van der Waals surface area contributed by atoms with Crippen molar-refractivity contribution in [1.82, 2.24) is 4.98 Å². The predicted octanol–water partition coefficient (Wildman–Crippen LogP) is 3.77. The Morgan fingerprint density at radius 2 is 1.58 bits per heavy atom. The summed E-state index contributed by atoms with van der Waals surface area (Å²) in [6.07, 6.45) is 1.36. The van der Waals surface area contributed by atoms with Crippen LogP contribution in [0.2, 0.25) is 0 Å². The Labute approximate surface area is 139 Å². The molecule has 0 radical (unpaired) electrons. The largest absolute Gasteiger partial charge is 0.338 e. The van der Waals surface area contributed by atoms with E-state index in [4.69, 9.17) is 0 Å². The van der Waals surface area contributed by atoms with Crippen LogP contribution in [0.15, 0.2) is 77.8 Å². The first kappa shape index (κ1) is 15.9. The molecular weight excluding hydrogens is 329 g/mol. The van der Waals surface area contributed by atoms with Gasteiger partial charge < -0.3 is 5.32 Å². The van der Waals surface area contributed by atoms with Crippen molar-refractivity contribution in [3.05, 3.63) is 78.7 Å². The molecule has 0 unspecified atom stereocenters. The molecule has 122 valence electrons. The number of nitrogens with zero attached hydrogens (tertiary/aromatic N) is 1. The average Bonchev–Trinajstić information content (AvgIpc) is 2.59. The number of nitrogens with one attached hydrogen (secondary N) is 2. The van der Waals surface area contributed by atoms with E-state index in [1.54, 1.807) is 48.5 Å². The van der Waals surface area contributed by atoms with Gasteiger partial charge in [0.2, 0.25) is 0 Å². The SMILES string of the molecule is O=S(=O)(Nc1ccc(Nc2ccccc2F)nc1)c1ccccc1. The van der Waals surface area contributed by atoms with Gasteiger partial charge in [0, 0.05) is 0 Å². The molecule has 0 aliphatic heterocycles. The molecule has 3 rings (SSSR count). The Morgan fingerprint density at radius 3 is 2.25 bits per heavy atom. The molecule has 3 aromatic rings. The van der Waals surface area contributed by atoms with Gasteiger partial charge in [-0.15, -0.1) is 0 Å². The van der Waals surface area contributed by atoms with E-state index in [-0.39, 0.29) is 4.90 Å². The van der Waals surface area contributed by atoms with Crippen LogP contribution in [0.4, 0.5) is 21.6 Å². The number of para-hydroxylation sites is 1. The van der Waals surface area contributed by atoms with Crippen molar-refractivity contribution in [1.29, 1.82) is 0 Å². The quantitative estimate of drug-likeness (QED) is 0.740. The van der Waals surface area contributed by atoms with E-state index in [0.717, 1.165) is 0 Å². The third-order valence-electron chi connectivity index (χ3n) is 3.21. The van der Waals surface area contributed by atoms with Crippen LogP contribution in [-0.4, -0.2) is 13.4 Å². The minimum atomic E-state index is -3.66. The minimum absolute atomic E-state index is 0.165. The van der Waals surface area contributed by atoms with Crippen LogP contribution in [0.25, 0.3) is 0 Å². The number of aromatic nitrogens is 1. The molecule has 0 aliphatic carbocycles. The van der Waals surface area contributed by atoms with Crippen LogP contribution in [0.5, 0.6) is 0 Å². The molecule has 1 heterocycles. The monoisotopic (exact) mass is 343 g/mol. The second-order valence-electron chi connectivity index (χ2n) is 4.96. The summed E-state index contributed by atoms with van der Waals surface area (Å²) in [5, 5.41) is 2.83. The van der Waals surface area contributed by atoms with Crippen LogP contribution in [0.3, 0.4) is 0 Å². The van der Waals surface area contributed by atoms with Crippen molar-refractivity contribution >= 4 is 27.2 Å². The van der Waals surface area contributed by atoms with Gasteiger partial charge in [0.1, 0.15) is 11.6 Å². The summed E-state index contributed by atoms with van der Waals surface area (Å²) in [6, 6.07) is 17.4. The summed E-state index contributed by atoms with van der Waals surface area (Å²) < 4.78 is 40.5. The first-order valence-corrected chi connectivity index (χ1v) is 8.58. The molecule has 0 saturated heterocycles. The van der Waals surface area contributed by atoms with Crippen LogP contribution in [0.1, 0.15) is 0 Å². The molecule has 0 saturated carbocycles. The van der Waals surface area contributed by atoms with Crippen molar-refractivity contribution in [2.24, 2.45) is 0 Å². The average molecular weight is 343 g/mol. The lowest BCUT2D eigenvalue weighted by Gasteiger charge is -2.09. The van der Waals surface area contributed by atoms with Gasteiger partial charge in [0.05, 0.1) is 22.5 Å². The maximum absolute atomic E-state index is 13.6. The van der Waals surface area contributed by atoms with Gasteiger partial charge in [-0.05, 0) is 36.4 Å². The number of rotatable bonds is 5. The predicted molar refractivity (Wildman–Crippen MR) is 91.2 cm³/mol. The highest BCUT2D eigenvalue weighted by Crippen LogP contribution is 2.20. The molecule has 7 heteroatoms. The highest BCUT2D eigenvalue weighted by molar-refractivity contribution is 7.92. The Kier molecular flexibility index (Phi) is 4.43. The van der Waals surface area contributed by atoms with Gasteiger partial charge in [-0.3, -0.25) is 4.72 Å². The number of pyridine rings is 1. The molecule has 0 atom stereocenters. The van der Waals surface area contributed by atoms with Gasteiger partial charge in [-0.2, -0.15) is 0 Å². The second kappa shape index (κ2) is 6.67. The topological polar surface area (TPSA) is 71.1 Å². The van der Waals surface area contributed by atoms with E-state index in [2.05, 4.69) is 15.0 Å². The van der Waals surface area contributed by atoms with E-state index < -0.39 is 15.8 Å². The molecule has 0 spiro atoms. The third-order valence-corrected chi connectivity index (χ3v) is 4.60. The number of halogens is 1. The summed E-state index contributed by atoms with van der Waals surface area (Å²) in [6.45, 7) is 0. The van der Waals surface area contributed by atoms with Crippen LogP contribution >= 0.6 is 0 Å². The summed E-state index contributed by atoms with van der Waals surface area (Å²) in [7, 11) is -3.66. The fraction of sp³-hybridized carbons (Fsp3) is 0. The van der Waals surface area contributed by atoms with E-state index >= 15 is 0 Å². The first-order chi connectivity index (χ1) is 11.5. The molecule has 2 aromatic carbocycles. The zero-order chi connectivity index (χ0) is 17.0. The third kappa shape index (κ3) is 3.69. The number of hydrogen-bond donors (Lipinski definition) is 2. The number of benzene rings is 2. The molecule has 0 amide bonds. The van der Waals surface area contributed by atoms with Gasteiger partial charge in [0.25, 0.3) is 10.0 Å². The fourth-order valence-corrected chi connectivity index (χ4v) is 3.11. The second-order valence-corrected chi connectivity index (χ2v) is 6.64. The van der Waals surface area contributed by atoms with Gasteiger partial charge in [-0.25, -0.2) is 17.8 Å². The lowest BCUT2D eigenvalue weighted by molar-refractivity contribution is 0.601. The molecule has 1 aromatic heterocycles. The van der Waals surface area contributed by atoms with Crippen LogP contribution < -0.4 is 10.0 Å². The number of sulfonamides is 1. The fourth-order valence-electron chi connectivity index (χ4n) is 2.04. The Hall–Kier alpha value is -2.93. The van der Waals surface area contributed by atoms with E-state index in [0.29, 0.717) is 17.2 Å². The smallest absolute Gasteiger partial charge is 0.261 e. The highest BCUT2D eigenvalue weighted by atomic mass is 32.2. The highest BCUT2D eigenvalue weighted by Gasteiger charge is 2.13. The Morgan fingerprint density at radius 1 is 0.875 bits per heavy atom. The summed E-state index contributed by atoms with van der Waals surface area (Å²) >= 11 is 0. The van der Waals surface area contributed by atoms with Crippen LogP contribution in [0, 0.1) is 5.82 Å². The van der Waals surface area contributed by atoms with Crippen molar-refractivity contribution < 1.29 is 12.8 Å². The van der Waals surface area contributed by atoms with Crippen molar-refractivity contribution in [3.63, 3.8) is 0 Å². The molecule has 0 bridgehead atoms. The molecule has 5 nitrogen and oxygen atoms in total.